The molecule has 1 saturated heterocycles. The molecule has 62 heavy (non-hydrogen) atoms. The maximum atomic E-state index is 12.3. The second-order valence-corrected chi connectivity index (χ2v) is 19.6. The van der Waals surface area contributed by atoms with Gasteiger partial charge in [-0.1, -0.05) is 93.3 Å². The van der Waals surface area contributed by atoms with Crippen LogP contribution in [0.1, 0.15) is 60.2 Å². The van der Waals surface area contributed by atoms with Crippen LogP contribution in [-0.4, -0.2) is 50.1 Å². The number of carbonyl (C=O) groups is 2. The van der Waals surface area contributed by atoms with Crippen LogP contribution in [0.3, 0.4) is 0 Å². The van der Waals surface area contributed by atoms with E-state index in [0.717, 1.165) is 25.2 Å². The lowest BCUT2D eigenvalue weighted by Crippen LogP contribution is -2.41. The molecule has 8 aromatic rings. The first kappa shape index (κ1) is 45.7. The Bertz CT molecular complexity index is 2940. The zero-order valence-electron chi connectivity index (χ0n) is 33.6. The Balaban J connectivity index is 0.000000144. The second kappa shape index (κ2) is 18.8. The molecule has 0 unspecified atom stereocenters. The Morgan fingerprint density at radius 3 is 1.66 bits per heavy atom. The van der Waals surface area contributed by atoms with Gasteiger partial charge in [0, 0.05) is 36.1 Å². The van der Waals surface area contributed by atoms with Gasteiger partial charge in [0.2, 0.25) is 0 Å². The van der Waals surface area contributed by atoms with Crippen molar-refractivity contribution in [2.24, 2.45) is 0 Å². The number of hydrogen-bond acceptors (Lipinski definition) is 12. The fraction of sp³-hybridized carbons (Fsp3) is 0.190. The molecule has 1 fully saturated rings. The van der Waals surface area contributed by atoms with Gasteiger partial charge in [-0.3, -0.25) is 20.2 Å². The molecular weight excluding hydrogens is 981 g/mol. The molecule has 2 N–H and O–H groups in total. The standard InChI is InChI=1S/C18H11Cl2N3O2S.C14H17BClNO3.C10H6BrClN2OS/c1-9-22-14-7-13(20)11(6-15(14)25-9)16-8-21-18(26-16)23-17(24)10-4-2-3-5-12(10)19;1-8-17-11-7-10(16)9(6-12(11)18-8)15-19-13(2,3)14(4,5)20-15;11-8-5-13-10(16-8)14-9(15)6-3-1-2-4-7(6)12/h2-8H,1H3,(H,21,23,24);6-7H,1-5H3;1-5H,(H,13,14,15). The SMILES string of the molecule is Cc1nc2cc(Cl)c(-c3cnc(NC(=O)c4ccccc4Cl)s3)cc2o1.Cc1nc2cc(Cl)c(B3OC(C)(C)C(C)(C)O3)cc2o1.O=C(Nc1ncc(Br)s1)c1ccccc1Cl. The Labute approximate surface area is 392 Å². The summed E-state index contributed by atoms with van der Waals surface area (Å²) in [5.41, 5.74) is 4.37. The molecule has 4 aromatic carbocycles. The minimum absolute atomic E-state index is 0.257. The molecule has 1 aliphatic rings. The largest absolute Gasteiger partial charge is 0.496 e. The predicted octanol–water partition coefficient (Wildman–Crippen LogP) is 12.7. The molecule has 20 heteroatoms. The first-order chi connectivity index (χ1) is 29.4. The third-order valence-electron chi connectivity index (χ3n) is 9.63. The van der Waals surface area contributed by atoms with E-state index < -0.39 is 18.3 Å². The van der Waals surface area contributed by atoms with E-state index in [1.165, 1.54) is 22.7 Å². The van der Waals surface area contributed by atoms with Gasteiger partial charge >= 0.3 is 7.12 Å². The van der Waals surface area contributed by atoms with Crippen LogP contribution >= 0.6 is 85.0 Å². The Kier molecular flexibility index (Phi) is 13.8. The number of oxazole rings is 2. The molecular formula is C42H34BBrCl4N6O6S2. The fourth-order valence-corrected chi connectivity index (χ4v) is 8.82. The smallest absolute Gasteiger partial charge is 0.441 e. The average Bonchev–Trinajstić information content (AvgIpc) is 4.03. The minimum Gasteiger partial charge on any atom is -0.441 e. The minimum atomic E-state index is -0.498. The third-order valence-corrected chi connectivity index (χ3v) is 13.3. The molecule has 0 radical (unpaired) electrons. The zero-order valence-corrected chi connectivity index (χ0v) is 39.8. The number of fused-ring (bicyclic) bond motifs is 2. The molecule has 1 aliphatic heterocycles. The molecule has 12 nitrogen and oxygen atoms in total. The molecule has 4 aromatic heterocycles. The lowest BCUT2D eigenvalue weighted by molar-refractivity contribution is 0.00578. The van der Waals surface area contributed by atoms with Gasteiger partial charge in [-0.15, -0.1) is 0 Å². The topological polar surface area (TPSA) is 154 Å². The van der Waals surface area contributed by atoms with Gasteiger partial charge in [0.05, 0.1) is 52.3 Å². The van der Waals surface area contributed by atoms with Crippen molar-refractivity contribution in [2.45, 2.75) is 52.7 Å². The van der Waals surface area contributed by atoms with Crippen LogP contribution in [0.5, 0.6) is 0 Å². The van der Waals surface area contributed by atoms with E-state index in [1.54, 1.807) is 80.0 Å². The van der Waals surface area contributed by atoms with Crippen molar-refractivity contribution in [1.82, 2.24) is 19.9 Å². The number of nitrogens with zero attached hydrogens (tertiary/aromatic N) is 4. The van der Waals surface area contributed by atoms with Crippen LogP contribution in [0.4, 0.5) is 10.3 Å². The van der Waals surface area contributed by atoms with Crippen molar-refractivity contribution in [3.8, 4) is 10.4 Å². The molecule has 9 rings (SSSR count). The summed E-state index contributed by atoms with van der Waals surface area (Å²) in [6.07, 6.45) is 3.29. The normalized spacial score (nSPS) is 14.0. The van der Waals surface area contributed by atoms with Crippen LogP contribution in [0.15, 0.2) is 97.8 Å². The second-order valence-electron chi connectivity index (χ2n) is 14.6. The van der Waals surface area contributed by atoms with Crippen LogP contribution in [0.2, 0.25) is 20.1 Å². The Hall–Kier alpha value is -4.36. The van der Waals surface area contributed by atoms with E-state index in [-0.39, 0.29) is 11.8 Å². The number of halogens is 5. The number of nitrogens with one attached hydrogen (secondary N) is 2. The fourth-order valence-electron chi connectivity index (χ4n) is 5.87. The highest BCUT2D eigenvalue weighted by molar-refractivity contribution is 9.11. The highest BCUT2D eigenvalue weighted by Crippen LogP contribution is 2.39. The monoisotopic (exact) mass is 1010 g/mol. The van der Waals surface area contributed by atoms with Gasteiger partial charge in [-0.2, -0.15) is 0 Å². The average molecular weight is 1020 g/mol. The van der Waals surface area contributed by atoms with E-state index in [4.69, 9.17) is 64.5 Å². The van der Waals surface area contributed by atoms with Gasteiger partial charge in [-0.25, -0.2) is 19.9 Å². The number of rotatable bonds is 6. The lowest BCUT2D eigenvalue weighted by Gasteiger charge is -2.32. The summed E-state index contributed by atoms with van der Waals surface area (Å²) in [5, 5.41) is 8.35. The number of anilines is 2. The number of aromatic nitrogens is 4. The highest BCUT2D eigenvalue weighted by atomic mass is 79.9. The highest BCUT2D eigenvalue weighted by Gasteiger charge is 2.52. The molecule has 318 valence electrons. The van der Waals surface area contributed by atoms with Gasteiger partial charge in [-0.05, 0) is 92.2 Å². The summed E-state index contributed by atoms with van der Waals surface area (Å²) in [6.45, 7) is 11.6. The molecule has 0 atom stereocenters. The molecule has 0 aliphatic carbocycles. The molecule has 0 bridgehead atoms. The van der Waals surface area contributed by atoms with Crippen LogP contribution in [-0.2, 0) is 9.31 Å². The van der Waals surface area contributed by atoms with E-state index in [0.29, 0.717) is 69.9 Å². The summed E-state index contributed by atoms with van der Waals surface area (Å²) < 4.78 is 24.0. The van der Waals surface area contributed by atoms with Crippen molar-refractivity contribution in [3.05, 3.63) is 132 Å². The summed E-state index contributed by atoms with van der Waals surface area (Å²) in [7, 11) is -0.498. The predicted molar refractivity (Wildman–Crippen MR) is 253 cm³/mol. The van der Waals surface area contributed by atoms with E-state index in [2.05, 4.69) is 46.5 Å². The summed E-state index contributed by atoms with van der Waals surface area (Å²) in [6, 6.07) is 20.9. The van der Waals surface area contributed by atoms with Gasteiger partial charge in [0.1, 0.15) is 11.0 Å². The van der Waals surface area contributed by atoms with Crippen LogP contribution < -0.4 is 16.1 Å². The van der Waals surface area contributed by atoms with Gasteiger partial charge in [0.15, 0.2) is 33.2 Å². The number of amides is 2. The number of hydrogen-bond donors (Lipinski definition) is 2. The van der Waals surface area contributed by atoms with Crippen LogP contribution in [0, 0.1) is 13.8 Å². The number of aryl methyl sites for hydroxylation is 2. The first-order valence-electron chi connectivity index (χ1n) is 18.6. The Morgan fingerprint density at radius 1 is 0.661 bits per heavy atom. The van der Waals surface area contributed by atoms with E-state index in [9.17, 15) is 9.59 Å². The summed E-state index contributed by atoms with van der Waals surface area (Å²) in [4.78, 5) is 41.7. The van der Waals surface area contributed by atoms with E-state index >= 15 is 0 Å². The maximum Gasteiger partial charge on any atom is 0.496 e. The molecule has 0 saturated carbocycles. The maximum absolute atomic E-state index is 12.3. The number of carbonyl (C=O) groups excluding carboxylic acids is 2. The summed E-state index contributed by atoms with van der Waals surface area (Å²) in [5.74, 6) is 0.615. The van der Waals surface area contributed by atoms with Gasteiger partial charge in [0.25, 0.3) is 11.8 Å². The Morgan fingerprint density at radius 2 is 1.15 bits per heavy atom. The number of thiazole rings is 2. The first-order valence-corrected chi connectivity index (χ1v) is 22.5. The van der Waals surface area contributed by atoms with Crippen molar-refractivity contribution in [1.29, 1.82) is 0 Å². The lowest BCUT2D eigenvalue weighted by atomic mass is 9.79. The van der Waals surface area contributed by atoms with Crippen LogP contribution in [0.25, 0.3) is 32.6 Å². The van der Waals surface area contributed by atoms with Crippen molar-refractivity contribution < 1.29 is 27.7 Å². The van der Waals surface area contributed by atoms with Crippen molar-refractivity contribution in [3.63, 3.8) is 0 Å². The summed E-state index contributed by atoms with van der Waals surface area (Å²) >= 11 is 30.6. The van der Waals surface area contributed by atoms with Gasteiger partial charge < -0.3 is 18.1 Å². The van der Waals surface area contributed by atoms with Crippen molar-refractivity contribution in [2.75, 3.05) is 10.6 Å². The zero-order chi connectivity index (χ0) is 44.5. The molecule has 0 spiro atoms. The molecule has 5 heterocycles. The van der Waals surface area contributed by atoms with E-state index in [1.807, 2.05) is 46.8 Å². The quantitative estimate of drug-likeness (QED) is 0.154. The molecule has 2 amide bonds. The number of benzene rings is 4. The van der Waals surface area contributed by atoms with Crippen molar-refractivity contribution >= 4 is 142 Å². The third kappa shape index (κ3) is 10.4.